The first-order chi connectivity index (χ1) is 14.7. The molecule has 2 aromatic carbocycles. The van der Waals surface area contributed by atoms with Gasteiger partial charge in [-0.2, -0.15) is 0 Å². The predicted molar refractivity (Wildman–Crippen MR) is 121 cm³/mol. The van der Waals surface area contributed by atoms with Gasteiger partial charge < -0.3 is 14.2 Å². The van der Waals surface area contributed by atoms with E-state index in [9.17, 15) is 9.59 Å². The molecule has 0 bridgehead atoms. The zero-order valence-corrected chi connectivity index (χ0v) is 19.1. The molecule has 1 N–H and O–H groups in total. The van der Waals surface area contributed by atoms with Gasteiger partial charge >= 0.3 is 5.97 Å². The number of methoxy groups -OCH3 is 1. The molecule has 0 fully saturated rings. The summed E-state index contributed by atoms with van der Waals surface area (Å²) in [7, 11) is 1.61. The Kier molecular flexibility index (Phi) is 6.80. The average molecular weight is 443 g/mol. The van der Waals surface area contributed by atoms with Gasteiger partial charge in [0, 0.05) is 5.56 Å². The Bertz CT molecular complexity index is 1100. The van der Waals surface area contributed by atoms with E-state index >= 15 is 0 Å². The fraction of sp³-hybridized carbons (Fsp3) is 0.348. The number of hydrogen-bond donors (Lipinski definition) is 1. The molecule has 1 amide bonds. The zero-order chi connectivity index (χ0) is 22.6. The van der Waals surface area contributed by atoms with Gasteiger partial charge in [0.1, 0.15) is 11.5 Å². The second-order valence-corrected chi connectivity index (χ2v) is 8.90. The van der Waals surface area contributed by atoms with Crippen molar-refractivity contribution in [3.05, 3.63) is 47.5 Å². The third kappa shape index (κ3) is 5.52. The van der Waals surface area contributed by atoms with Gasteiger partial charge in [0.05, 0.1) is 29.5 Å². The lowest BCUT2D eigenvalue weighted by Crippen LogP contribution is -2.22. The minimum Gasteiger partial charge on any atom is -0.497 e. The number of nitrogens with zero attached hydrogens (tertiary/aromatic N) is 1. The van der Waals surface area contributed by atoms with Gasteiger partial charge in [-0.05, 0) is 48.7 Å². The molecule has 7 nitrogen and oxygen atoms in total. The van der Waals surface area contributed by atoms with Crippen LogP contribution < -0.4 is 14.8 Å². The van der Waals surface area contributed by atoms with E-state index in [1.54, 1.807) is 44.4 Å². The molecule has 1 aromatic heterocycles. The van der Waals surface area contributed by atoms with Crippen LogP contribution in [0.1, 0.15) is 43.6 Å². The van der Waals surface area contributed by atoms with Crippen LogP contribution in [0.15, 0.2) is 36.4 Å². The number of esters is 1. The first-order valence-electron chi connectivity index (χ1n) is 9.90. The molecule has 0 aliphatic carbocycles. The Morgan fingerprint density at radius 1 is 1.13 bits per heavy atom. The lowest BCUT2D eigenvalue weighted by atomic mass is 9.86. The summed E-state index contributed by atoms with van der Waals surface area (Å²) in [4.78, 5) is 28.7. The summed E-state index contributed by atoms with van der Waals surface area (Å²) in [5.74, 6) is 0.663. The molecule has 0 aliphatic rings. The summed E-state index contributed by atoms with van der Waals surface area (Å²) in [6.07, 6.45) is 0. The number of anilines is 1. The van der Waals surface area contributed by atoms with Crippen LogP contribution in [-0.4, -0.2) is 37.2 Å². The number of benzene rings is 2. The third-order valence-corrected chi connectivity index (χ3v) is 5.43. The van der Waals surface area contributed by atoms with Crippen LogP contribution in [0.5, 0.6) is 11.5 Å². The summed E-state index contributed by atoms with van der Waals surface area (Å²) in [6, 6.07) is 10.6. The van der Waals surface area contributed by atoms with Gasteiger partial charge in [0.25, 0.3) is 5.91 Å². The SMILES string of the molecule is CCOC(=O)c1ccc2nc(NC(=O)COc3ccc(OC)cc3C(C)(C)C)sc2c1. The average Bonchev–Trinajstić information content (AvgIpc) is 3.12. The molecule has 0 spiro atoms. The number of rotatable bonds is 7. The van der Waals surface area contributed by atoms with Crippen LogP contribution >= 0.6 is 11.3 Å². The molecule has 0 saturated heterocycles. The summed E-state index contributed by atoms with van der Waals surface area (Å²) >= 11 is 1.29. The van der Waals surface area contributed by atoms with E-state index in [2.05, 4.69) is 31.1 Å². The van der Waals surface area contributed by atoms with Crippen molar-refractivity contribution >= 4 is 38.6 Å². The Hall–Kier alpha value is -3.13. The van der Waals surface area contributed by atoms with E-state index in [0.29, 0.717) is 28.6 Å². The van der Waals surface area contributed by atoms with Gasteiger partial charge in [-0.1, -0.05) is 32.1 Å². The Morgan fingerprint density at radius 2 is 1.90 bits per heavy atom. The van der Waals surface area contributed by atoms with Gasteiger partial charge in [-0.25, -0.2) is 9.78 Å². The number of ether oxygens (including phenoxy) is 3. The highest BCUT2D eigenvalue weighted by molar-refractivity contribution is 7.22. The smallest absolute Gasteiger partial charge is 0.338 e. The number of nitrogens with one attached hydrogen (secondary N) is 1. The largest absolute Gasteiger partial charge is 0.497 e. The maximum Gasteiger partial charge on any atom is 0.338 e. The molecule has 0 atom stereocenters. The highest BCUT2D eigenvalue weighted by Gasteiger charge is 2.21. The topological polar surface area (TPSA) is 86.8 Å². The van der Waals surface area contributed by atoms with E-state index in [0.717, 1.165) is 16.0 Å². The van der Waals surface area contributed by atoms with Crippen molar-refractivity contribution < 1.29 is 23.8 Å². The number of hydrogen-bond acceptors (Lipinski definition) is 7. The molecule has 0 radical (unpaired) electrons. The maximum atomic E-state index is 12.4. The van der Waals surface area contributed by atoms with Gasteiger partial charge in [0.2, 0.25) is 0 Å². The highest BCUT2D eigenvalue weighted by Crippen LogP contribution is 2.34. The van der Waals surface area contributed by atoms with Gasteiger partial charge in [-0.15, -0.1) is 0 Å². The molecule has 0 saturated carbocycles. The number of amides is 1. The zero-order valence-electron chi connectivity index (χ0n) is 18.3. The van der Waals surface area contributed by atoms with Crippen LogP contribution in [0.3, 0.4) is 0 Å². The van der Waals surface area contributed by atoms with Crippen molar-refractivity contribution in [2.24, 2.45) is 0 Å². The molecule has 0 aliphatic heterocycles. The fourth-order valence-corrected chi connectivity index (χ4v) is 3.89. The van der Waals surface area contributed by atoms with Crippen molar-refractivity contribution in [1.82, 2.24) is 4.98 Å². The van der Waals surface area contributed by atoms with E-state index in [-0.39, 0.29) is 23.9 Å². The van der Waals surface area contributed by atoms with Crippen molar-refractivity contribution in [3.63, 3.8) is 0 Å². The number of carbonyl (C=O) groups excluding carboxylic acids is 2. The Balaban J connectivity index is 1.69. The lowest BCUT2D eigenvalue weighted by Gasteiger charge is -2.23. The number of thiazole rings is 1. The summed E-state index contributed by atoms with van der Waals surface area (Å²) < 4.78 is 16.9. The Labute approximate surface area is 185 Å². The number of fused-ring (bicyclic) bond motifs is 1. The second kappa shape index (κ2) is 9.34. The van der Waals surface area contributed by atoms with Crippen molar-refractivity contribution in [1.29, 1.82) is 0 Å². The molecule has 3 aromatic rings. The highest BCUT2D eigenvalue weighted by atomic mass is 32.1. The van der Waals surface area contributed by atoms with Gasteiger partial charge in [-0.3, -0.25) is 10.1 Å². The second-order valence-electron chi connectivity index (χ2n) is 7.87. The molecule has 31 heavy (non-hydrogen) atoms. The van der Waals surface area contributed by atoms with E-state index in [4.69, 9.17) is 14.2 Å². The van der Waals surface area contributed by atoms with Crippen LogP contribution in [0.25, 0.3) is 10.2 Å². The molecule has 0 unspecified atom stereocenters. The summed E-state index contributed by atoms with van der Waals surface area (Å²) in [6.45, 7) is 8.13. The number of aromatic nitrogens is 1. The van der Waals surface area contributed by atoms with E-state index in [1.165, 1.54) is 11.3 Å². The normalized spacial score (nSPS) is 11.3. The van der Waals surface area contributed by atoms with Crippen molar-refractivity contribution in [3.8, 4) is 11.5 Å². The first kappa shape index (κ1) is 22.6. The minimum absolute atomic E-state index is 0.153. The third-order valence-electron chi connectivity index (χ3n) is 4.50. The fourth-order valence-electron chi connectivity index (χ4n) is 2.97. The lowest BCUT2D eigenvalue weighted by molar-refractivity contribution is -0.118. The van der Waals surface area contributed by atoms with Gasteiger partial charge in [0.15, 0.2) is 11.7 Å². The first-order valence-corrected chi connectivity index (χ1v) is 10.7. The van der Waals surface area contributed by atoms with Crippen LogP contribution in [0.4, 0.5) is 5.13 Å². The quantitative estimate of drug-likeness (QED) is 0.529. The summed E-state index contributed by atoms with van der Waals surface area (Å²) in [5, 5.41) is 3.20. The molecule has 164 valence electrons. The predicted octanol–water partition coefficient (Wildman–Crippen LogP) is 4.80. The van der Waals surface area contributed by atoms with Crippen LogP contribution in [0.2, 0.25) is 0 Å². The minimum atomic E-state index is -0.383. The molecular weight excluding hydrogens is 416 g/mol. The Morgan fingerprint density at radius 3 is 2.58 bits per heavy atom. The van der Waals surface area contributed by atoms with Crippen molar-refractivity contribution in [2.75, 3.05) is 25.6 Å². The van der Waals surface area contributed by atoms with Crippen molar-refractivity contribution in [2.45, 2.75) is 33.1 Å². The van der Waals surface area contributed by atoms with E-state index in [1.807, 2.05) is 6.07 Å². The standard InChI is InChI=1S/C23H26N2O5S/c1-6-29-21(27)14-7-9-17-19(11-14)31-22(24-17)25-20(26)13-30-18-10-8-15(28-5)12-16(18)23(2,3)4/h7-12H,6,13H2,1-5H3,(H,24,25,26). The monoisotopic (exact) mass is 442 g/mol. The van der Waals surface area contributed by atoms with Crippen LogP contribution in [0, 0.1) is 0 Å². The molecular formula is C23H26N2O5S. The van der Waals surface area contributed by atoms with Crippen LogP contribution in [-0.2, 0) is 14.9 Å². The molecule has 8 heteroatoms. The summed E-state index contributed by atoms with van der Waals surface area (Å²) in [5.41, 5.74) is 1.92. The maximum absolute atomic E-state index is 12.4. The molecule has 3 rings (SSSR count). The van der Waals surface area contributed by atoms with E-state index < -0.39 is 0 Å². The molecule has 1 heterocycles. The number of carbonyl (C=O) groups is 2.